The van der Waals surface area contributed by atoms with Crippen molar-refractivity contribution < 1.29 is 14.8 Å². The summed E-state index contributed by atoms with van der Waals surface area (Å²) in [5.74, 6) is -0.504. The summed E-state index contributed by atoms with van der Waals surface area (Å²) in [5.41, 5.74) is 3.14. The van der Waals surface area contributed by atoms with E-state index >= 15 is 0 Å². The number of nitrogens with zero attached hydrogens (tertiary/aromatic N) is 1. The maximum absolute atomic E-state index is 13.4. The number of halogens is 1. The first kappa shape index (κ1) is 20.5. The van der Waals surface area contributed by atoms with Crippen LogP contribution in [0.3, 0.4) is 0 Å². The number of nitrogens with one attached hydrogen (secondary N) is 1. The van der Waals surface area contributed by atoms with Gasteiger partial charge in [0.25, 0.3) is 0 Å². The van der Waals surface area contributed by atoms with Gasteiger partial charge in [0.1, 0.15) is 0 Å². The number of fused-ring (bicyclic) bond motifs is 4. The van der Waals surface area contributed by atoms with Crippen LogP contribution in [-0.2, 0) is 4.79 Å². The van der Waals surface area contributed by atoms with Crippen molar-refractivity contribution in [2.75, 3.05) is 5.32 Å². The SMILES string of the molecule is CC1(C)CC(=O)C2=C(C1)c1c(ccc3ccccc13)NC2c1cc([N+](=O)[O-])c(O)cc1Cl. The van der Waals surface area contributed by atoms with E-state index in [1.165, 1.54) is 12.1 Å². The summed E-state index contributed by atoms with van der Waals surface area (Å²) >= 11 is 6.44. The Labute approximate surface area is 189 Å². The molecule has 0 aromatic heterocycles. The average Bonchev–Trinajstić information content (AvgIpc) is 2.71. The molecular weight excluding hydrogens is 428 g/mol. The number of hydrogen-bond acceptors (Lipinski definition) is 5. The van der Waals surface area contributed by atoms with Gasteiger partial charge in [-0.3, -0.25) is 14.9 Å². The maximum Gasteiger partial charge on any atom is 0.311 e. The number of benzene rings is 3. The summed E-state index contributed by atoms with van der Waals surface area (Å²) in [5, 5.41) is 27.2. The first-order valence-electron chi connectivity index (χ1n) is 10.4. The van der Waals surface area contributed by atoms with Gasteiger partial charge in [-0.25, -0.2) is 0 Å². The second-order valence-electron chi connectivity index (χ2n) is 9.24. The summed E-state index contributed by atoms with van der Waals surface area (Å²) in [7, 11) is 0. The molecule has 1 unspecified atom stereocenters. The molecule has 1 atom stereocenters. The minimum absolute atomic E-state index is 0.000807. The Morgan fingerprint density at radius 1 is 1.16 bits per heavy atom. The lowest BCUT2D eigenvalue weighted by molar-refractivity contribution is -0.385. The standard InChI is InChI=1S/C25H21ClN2O4/c1-25(2)11-16-22-14-6-4-3-5-13(14)7-8-18(22)27-24(23(16)21(30)12-25)15-9-19(28(31)32)20(29)10-17(15)26/h3-10,24,27,29H,11-12H2,1-2H3. The molecule has 0 fully saturated rings. The van der Waals surface area contributed by atoms with Crippen LogP contribution in [0.25, 0.3) is 16.3 Å². The summed E-state index contributed by atoms with van der Waals surface area (Å²) in [4.78, 5) is 24.2. The van der Waals surface area contributed by atoms with Gasteiger partial charge in [0.05, 0.1) is 16.0 Å². The molecule has 0 spiro atoms. The maximum atomic E-state index is 13.4. The molecule has 1 aliphatic carbocycles. The number of nitro groups is 1. The molecule has 2 aliphatic rings. The zero-order valence-corrected chi connectivity index (χ0v) is 18.4. The quantitative estimate of drug-likeness (QED) is 0.348. The molecular formula is C25H21ClN2O4. The minimum Gasteiger partial charge on any atom is -0.502 e. The molecule has 0 saturated carbocycles. The van der Waals surface area contributed by atoms with Crippen molar-refractivity contribution in [3.63, 3.8) is 0 Å². The molecule has 3 aromatic rings. The van der Waals surface area contributed by atoms with Gasteiger partial charge >= 0.3 is 5.69 Å². The van der Waals surface area contributed by atoms with E-state index in [2.05, 4.69) is 19.2 Å². The van der Waals surface area contributed by atoms with Gasteiger partial charge in [-0.15, -0.1) is 0 Å². The number of aromatic hydroxyl groups is 1. The molecule has 1 aliphatic heterocycles. The summed E-state index contributed by atoms with van der Waals surface area (Å²) in [6.07, 6.45) is 1.08. The number of ketones is 1. The van der Waals surface area contributed by atoms with Gasteiger partial charge in [0.15, 0.2) is 11.5 Å². The molecule has 0 bridgehead atoms. The monoisotopic (exact) mass is 448 g/mol. The number of phenolic OH excluding ortho intramolecular Hbond substituents is 1. The Morgan fingerprint density at radius 2 is 1.91 bits per heavy atom. The third-order valence-electron chi connectivity index (χ3n) is 6.34. The third kappa shape index (κ3) is 3.14. The highest BCUT2D eigenvalue weighted by atomic mass is 35.5. The van der Waals surface area contributed by atoms with E-state index in [1.807, 2.05) is 36.4 Å². The molecule has 2 N–H and O–H groups in total. The molecule has 162 valence electrons. The summed E-state index contributed by atoms with van der Waals surface area (Å²) in [6.45, 7) is 4.16. The first-order chi connectivity index (χ1) is 15.2. The molecule has 0 radical (unpaired) electrons. The van der Waals surface area contributed by atoms with Crippen molar-refractivity contribution in [1.29, 1.82) is 0 Å². The number of hydrogen-bond donors (Lipinski definition) is 2. The average molecular weight is 449 g/mol. The number of carbonyl (C=O) groups excluding carboxylic acids is 1. The highest BCUT2D eigenvalue weighted by Gasteiger charge is 2.41. The van der Waals surface area contributed by atoms with Crippen molar-refractivity contribution in [3.8, 4) is 5.75 Å². The predicted molar refractivity (Wildman–Crippen MR) is 125 cm³/mol. The van der Waals surface area contributed by atoms with Crippen LogP contribution in [0, 0.1) is 15.5 Å². The highest BCUT2D eigenvalue weighted by Crippen LogP contribution is 2.53. The van der Waals surface area contributed by atoms with Crippen LogP contribution in [0.2, 0.25) is 5.02 Å². The fourth-order valence-corrected chi connectivity index (χ4v) is 5.27. The summed E-state index contributed by atoms with van der Waals surface area (Å²) in [6, 6.07) is 13.8. The number of rotatable bonds is 2. The minimum atomic E-state index is -0.652. The van der Waals surface area contributed by atoms with Crippen molar-refractivity contribution in [2.45, 2.75) is 32.7 Å². The van der Waals surface area contributed by atoms with Crippen LogP contribution >= 0.6 is 11.6 Å². The van der Waals surface area contributed by atoms with E-state index in [0.717, 1.165) is 27.6 Å². The topological polar surface area (TPSA) is 92.5 Å². The zero-order valence-electron chi connectivity index (χ0n) is 17.6. The number of phenols is 1. The van der Waals surface area contributed by atoms with Crippen molar-refractivity contribution >= 4 is 45.1 Å². The number of Topliss-reactive ketones (excluding diaryl/α,β-unsaturated/α-hetero) is 1. The van der Waals surface area contributed by atoms with Crippen molar-refractivity contribution in [1.82, 2.24) is 0 Å². The molecule has 32 heavy (non-hydrogen) atoms. The molecule has 1 heterocycles. The second kappa shape index (κ2) is 7.07. The fraction of sp³-hybridized carbons (Fsp3) is 0.240. The Kier molecular flexibility index (Phi) is 4.53. The number of allylic oxidation sites excluding steroid dienone is 1. The normalized spacial score (nSPS) is 19.3. The van der Waals surface area contributed by atoms with Gasteiger partial charge in [-0.2, -0.15) is 0 Å². The lowest BCUT2D eigenvalue weighted by atomic mass is 9.68. The Bertz CT molecular complexity index is 1360. The summed E-state index contributed by atoms with van der Waals surface area (Å²) < 4.78 is 0. The highest BCUT2D eigenvalue weighted by molar-refractivity contribution is 6.32. The number of carbonyl (C=O) groups is 1. The lowest BCUT2D eigenvalue weighted by Gasteiger charge is -2.40. The van der Waals surface area contributed by atoms with Crippen LogP contribution in [0.1, 0.15) is 43.9 Å². The largest absolute Gasteiger partial charge is 0.502 e. The van der Waals surface area contributed by atoms with Gasteiger partial charge in [-0.1, -0.05) is 55.8 Å². The van der Waals surface area contributed by atoms with Crippen LogP contribution in [0.15, 0.2) is 54.1 Å². The second-order valence-corrected chi connectivity index (χ2v) is 9.65. The van der Waals surface area contributed by atoms with E-state index in [-0.39, 0.29) is 16.2 Å². The van der Waals surface area contributed by atoms with Gasteiger partial charge < -0.3 is 10.4 Å². The Balaban J connectivity index is 1.81. The first-order valence-corrected chi connectivity index (χ1v) is 10.8. The molecule has 3 aromatic carbocycles. The van der Waals surface area contributed by atoms with Gasteiger partial charge in [-0.05, 0) is 34.2 Å². The van der Waals surface area contributed by atoms with E-state index in [9.17, 15) is 20.0 Å². The Hall–Kier alpha value is -3.38. The van der Waals surface area contributed by atoms with E-state index in [4.69, 9.17) is 11.6 Å². The van der Waals surface area contributed by atoms with Crippen LogP contribution in [0.4, 0.5) is 11.4 Å². The van der Waals surface area contributed by atoms with E-state index in [0.29, 0.717) is 24.0 Å². The molecule has 6 nitrogen and oxygen atoms in total. The van der Waals surface area contributed by atoms with Crippen molar-refractivity contribution in [3.05, 3.63) is 80.4 Å². The molecule has 5 rings (SSSR count). The predicted octanol–water partition coefficient (Wildman–Crippen LogP) is 6.42. The van der Waals surface area contributed by atoms with Gasteiger partial charge in [0.2, 0.25) is 0 Å². The number of anilines is 1. The van der Waals surface area contributed by atoms with Crippen LogP contribution in [-0.4, -0.2) is 15.8 Å². The number of nitro benzene ring substituents is 1. The Morgan fingerprint density at radius 3 is 2.66 bits per heavy atom. The van der Waals surface area contributed by atoms with Gasteiger partial charge in [0, 0.05) is 40.9 Å². The lowest BCUT2D eigenvalue weighted by Crippen LogP contribution is -2.33. The van der Waals surface area contributed by atoms with Crippen LogP contribution in [0.5, 0.6) is 5.75 Å². The van der Waals surface area contributed by atoms with E-state index in [1.54, 1.807) is 0 Å². The van der Waals surface area contributed by atoms with E-state index < -0.39 is 22.4 Å². The van der Waals surface area contributed by atoms with Crippen molar-refractivity contribution in [2.24, 2.45) is 5.41 Å². The molecule has 7 heteroatoms. The molecule has 0 saturated heterocycles. The molecule has 0 amide bonds. The van der Waals surface area contributed by atoms with Crippen LogP contribution < -0.4 is 5.32 Å². The zero-order chi connectivity index (χ0) is 22.8. The fourth-order valence-electron chi connectivity index (χ4n) is 5.01. The smallest absolute Gasteiger partial charge is 0.311 e. The third-order valence-corrected chi connectivity index (χ3v) is 6.67.